The van der Waals surface area contributed by atoms with E-state index in [0.717, 1.165) is 32.1 Å². The van der Waals surface area contributed by atoms with Crippen LogP contribution in [0.2, 0.25) is 0 Å². The largest absolute Gasteiger partial charge is 0.463 e. The van der Waals surface area contributed by atoms with E-state index in [4.69, 9.17) is 4.74 Å². The zero-order chi connectivity index (χ0) is 21.8. The van der Waals surface area contributed by atoms with Crippen molar-refractivity contribution in [3.63, 3.8) is 0 Å². The van der Waals surface area contributed by atoms with Crippen LogP contribution >= 0.6 is 0 Å². The molecule has 0 radical (unpaired) electrons. The molecule has 0 amide bonds. The molecule has 0 N–H and O–H groups in total. The lowest BCUT2D eigenvalue weighted by atomic mass is 9.44. The normalized spacial score (nSPS) is 46.4. The van der Waals surface area contributed by atoms with Crippen LogP contribution in [-0.4, -0.2) is 23.6 Å². The van der Waals surface area contributed by atoms with Crippen molar-refractivity contribution in [1.82, 2.24) is 0 Å². The maximum absolute atomic E-state index is 13.7. The molecule has 4 aliphatic rings. The highest BCUT2D eigenvalue weighted by Crippen LogP contribution is 2.67. The standard InChI is InChI=1S/C26H40O4/c1-15(12-16(2)27)21-8-9-22-20-7-6-18-13-19(30-17(3)28)10-11-25(18,4)24(20)23(29)14-26(21,22)5/h15,18-22,24H,6-14H2,1-5H3/t15-,18?,19?,20+,21-,22+,24-,25+,26-/m1/s1. The Kier molecular flexibility index (Phi) is 5.68. The van der Waals surface area contributed by atoms with Crippen LogP contribution in [0.5, 0.6) is 0 Å². The fraction of sp³-hybridized carbons (Fsp3) is 0.885. The summed E-state index contributed by atoms with van der Waals surface area (Å²) in [6.07, 6.45) is 8.86. The van der Waals surface area contributed by atoms with E-state index in [1.54, 1.807) is 6.92 Å². The predicted molar refractivity (Wildman–Crippen MR) is 116 cm³/mol. The van der Waals surface area contributed by atoms with Crippen molar-refractivity contribution in [2.45, 2.75) is 98.5 Å². The van der Waals surface area contributed by atoms with Crippen LogP contribution in [-0.2, 0) is 19.1 Å². The van der Waals surface area contributed by atoms with E-state index in [-0.39, 0.29) is 34.6 Å². The van der Waals surface area contributed by atoms with Crippen LogP contribution in [0.3, 0.4) is 0 Å². The molecule has 4 rings (SSSR count). The van der Waals surface area contributed by atoms with Crippen molar-refractivity contribution in [3.8, 4) is 0 Å². The third-order valence-electron chi connectivity index (χ3n) is 10.0. The minimum absolute atomic E-state index is 0.0318. The Hall–Kier alpha value is -1.19. The molecule has 4 aliphatic carbocycles. The monoisotopic (exact) mass is 416 g/mol. The van der Waals surface area contributed by atoms with Crippen molar-refractivity contribution in [2.75, 3.05) is 0 Å². The van der Waals surface area contributed by atoms with Gasteiger partial charge in [0, 0.05) is 25.7 Å². The number of hydrogen-bond acceptors (Lipinski definition) is 4. The summed E-state index contributed by atoms with van der Waals surface area (Å²) in [5.41, 5.74) is 0.117. The van der Waals surface area contributed by atoms with Gasteiger partial charge in [0.1, 0.15) is 17.7 Å². The first-order chi connectivity index (χ1) is 14.1. The van der Waals surface area contributed by atoms with Crippen LogP contribution in [0, 0.1) is 46.3 Å². The van der Waals surface area contributed by atoms with Crippen molar-refractivity contribution in [2.24, 2.45) is 46.3 Å². The average molecular weight is 417 g/mol. The fourth-order valence-corrected chi connectivity index (χ4v) is 8.94. The number of ether oxygens (including phenoxy) is 1. The van der Waals surface area contributed by atoms with E-state index in [9.17, 15) is 14.4 Å². The van der Waals surface area contributed by atoms with Gasteiger partial charge >= 0.3 is 5.97 Å². The highest BCUT2D eigenvalue weighted by atomic mass is 16.5. The maximum atomic E-state index is 13.7. The molecule has 4 saturated carbocycles. The molecule has 4 fully saturated rings. The third kappa shape index (κ3) is 3.46. The lowest BCUT2D eigenvalue weighted by Crippen LogP contribution is -2.58. The quantitative estimate of drug-likeness (QED) is 0.578. The number of hydrogen-bond donors (Lipinski definition) is 0. The van der Waals surface area contributed by atoms with E-state index >= 15 is 0 Å². The van der Waals surface area contributed by atoms with Crippen molar-refractivity contribution in [1.29, 1.82) is 0 Å². The Morgan fingerprint density at radius 2 is 1.80 bits per heavy atom. The Bertz CT molecular complexity index is 729. The van der Waals surface area contributed by atoms with E-state index in [0.29, 0.717) is 48.2 Å². The minimum atomic E-state index is -0.182. The molecule has 30 heavy (non-hydrogen) atoms. The molecule has 0 aromatic rings. The van der Waals surface area contributed by atoms with Gasteiger partial charge in [0.15, 0.2) is 0 Å². The summed E-state index contributed by atoms with van der Waals surface area (Å²) in [5.74, 6) is 3.20. The van der Waals surface area contributed by atoms with Crippen LogP contribution < -0.4 is 0 Å². The van der Waals surface area contributed by atoms with Crippen LogP contribution in [0.4, 0.5) is 0 Å². The molecule has 0 bridgehead atoms. The second kappa shape index (κ2) is 7.74. The number of fused-ring (bicyclic) bond motifs is 5. The summed E-state index contributed by atoms with van der Waals surface area (Å²) >= 11 is 0. The SMILES string of the molecule is CC(=O)C[C@@H](C)[C@H]1CC[C@H]2[C@@H]3CCC4CC(OC(C)=O)CC[C@]4(C)[C@H]3C(=O)C[C@]12C. The van der Waals surface area contributed by atoms with E-state index in [1.165, 1.54) is 19.8 Å². The molecule has 0 spiro atoms. The van der Waals surface area contributed by atoms with Gasteiger partial charge in [-0.1, -0.05) is 20.8 Å². The molecule has 4 nitrogen and oxygen atoms in total. The van der Waals surface area contributed by atoms with Crippen LogP contribution in [0.25, 0.3) is 0 Å². The molecular weight excluding hydrogens is 376 g/mol. The lowest BCUT2D eigenvalue weighted by molar-refractivity contribution is -0.169. The molecule has 0 aromatic carbocycles. The summed E-state index contributed by atoms with van der Waals surface area (Å²) < 4.78 is 5.55. The van der Waals surface area contributed by atoms with E-state index in [2.05, 4.69) is 20.8 Å². The van der Waals surface area contributed by atoms with Crippen LogP contribution in [0.15, 0.2) is 0 Å². The summed E-state index contributed by atoms with van der Waals surface area (Å²) in [4.78, 5) is 36.9. The Morgan fingerprint density at radius 3 is 2.47 bits per heavy atom. The highest BCUT2D eigenvalue weighted by molar-refractivity contribution is 5.84. The van der Waals surface area contributed by atoms with Gasteiger partial charge in [-0.3, -0.25) is 9.59 Å². The molecule has 2 unspecified atom stereocenters. The topological polar surface area (TPSA) is 60.4 Å². The Labute approximate surface area is 181 Å². The summed E-state index contributed by atoms with van der Waals surface area (Å²) in [7, 11) is 0. The van der Waals surface area contributed by atoms with Gasteiger partial charge in [0.2, 0.25) is 0 Å². The number of carbonyl (C=O) groups excluding carboxylic acids is 3. The first-order valence-corrected chi connectivity index (χ1v) is 12.3. The highest BCUT2D eigenvalue weighted by Gasteiger charge is 2.63. The number of Topliss-reactive ketones (excluding diaryl/α,β-unsaturated/α-hetero) is 2. The van der Waals surface area contributed by atoms with Gasteiger partial charge in [-0.2, -0.15) is 0 Å². The number of carbonyl (C=O) groups is 3. The summed E-state index contributed by atoms with van der Waals surface area (Å²) in [6.45, 7) is 10.2. The van der Waals surface area contributed by atoms with Crippen molar-refractivity contribution < 1.29 is 19.1 Å². The zero-order valence-electron chi connectivity index (χ0n) is 19.5. The molecule has 0 saturated heterocycles. The second-order valence-electron chi connectivity index (χ2n) is 11.8. The van der Waals surface area contributed by atoms with E-state index < -0.39 is 0 Å². The van der Waals surface area contributed by atoms with Gasteiger partial charge in [-0.05, 0) is 92.3 Å². The number of ketones is 2. The lowest BCUT2D eigenvalue weighted by Gasteiger charge is -2.60. The number of rotatable bonds is 4. The molecule has 9 atom stereocenters. The molecule has 4 heteroatoms. The van der Waals surface area contributed by atoms with Gasteiger partial charge < -0.3 is 9.53 Å². The van der Waals surface area contributed by atoms with E-state index in [1.807, 2.05) is 0 Å². The molecule has 168 valence electrons. The second-order valence-corrected chi connectivity index (χ2v) is 11.8. The average Bonchev–Trinajstić information content (AvgIpc) is 2.97. The van der Waals surface area contributed by atoms with Gasteiger partial charge in [-0.25, -0.2) is 0 Å². The Balaban J connectivity index is 1.56. The number of esters is 1. The smallest absolute Gasteiger partial charge is 0.302 e. The zero-order valence-corrected chi connectivity index (χ0v) is 19.5. The molecule has 0 heterocycles. The first-order valence-electron chi connectivity index (χ1n) is 12.3. The summed E-state index contributed by atoms with van der Waals surface area (Å²) in [6, 6.07) is 0. The van der Waals surface area contributed by atoms with Crippen LogP contribution in [0.1, 0.15) is 92.4 Å². The molecule has 0 aliphatic heterocycles. The predicted octanol–water partition coefficient (Wildman–Crippen LogP) is 5.37. The first kappa shape index (κ1) is 22.0. The van der Waals surface area contributed by atoms with Gasteiger partial charge in [0.05, 0.1) is 0 Å². The van der Waals surface area contributed by atoms with Gasteiger partial charge in [-0.15, -0.1) is 0 Å². The third-order valence-corrected chi connectivity index (χ3v) is 10.0. The fourth-order valence-electron chi connectivity index (χ4n) is 8.94. The summed E-state index contributed by atoms with van der Waals surface area (Å²) in [5, 5.41) is 0. The maximum Gasteiger partial charge on any atom is 0.302 e. The molecular formula is C26H40O4. The Morgan fingerprint density at radius 1 is 1.07 bits per heavy atom. The van der Waals surface area contributed by atoms with Gasteiger partial charge in [0.25, 0.3) is 0 Å². The van der Waals surface area contributed by atoms with Crippen molar-refractivity contribution >= 4 is 17.5 Å². The minimum Gasteiger partial charge on any atom is -0.463 e. The van der Waals surface area contributed by atoms with Crippen molar-refractivity contribution in [3.05, 3.63) is 0 Å². The molecule has 0 aromatic heterocycles.